The van der Waals surface area contributed by atoms with E-state index >= 15 is 0 Å². The van der Waals surface area contributed by atoms with Crippen LogP contribution in [0, 0.1) is 5.92 Å². The Morgan fingerprint density at radius 2 is 1.93 bits per heavy atom. The second-order valence-corrected chi connectivity index (χ2v) is 9.24. The van der Waals surface area contributed by atoms with Crippen LogP contribution in [0.3, 0.4) is 0 Å². The van der Waals surface area contributed by atoms with E-state index in [0.29, 0.717) is 25.7 Å². The molecule has 2 aliphatic heterocycles. The van der Waals surface area contributed by atoms with Crippen molar-refractivity contribution in [1.29, 1.82) is 0 Å². The number of nitrogens with zero attached hydrogens (tertiary/aromatic N) is 2. The molecular weight excluding hydrogens is 404 g/mol. The first-order valence-corrected chi connectivity index (χ1v) is 11.6. The van der Waals surface area contributed by atoms with Crippen molar-refractivity contribution in [2.45, 2.75) is 57.3 Å². The third-order valence-electron chi connectivity index (χ3n) is 6.40. The fourth-order valence-corrected chi connectivity index (χ4v) is 4.77. The van der Waals surface area contributed by atoms with Gasteiger partial charge in [0.05, 0.1) is 24.3 Å². The van der Waals surface area contributed by atoms with E-state index in [4.69, 9.17) is 25.8 Å². The van der Waals surface area contributed by atoms with E-state index in [2.05, 4.69) is 11.0 Å². The molecule has 0 unspecified atom stereocenters. The molecule has 1 amide bonds. The third-order valence-corrected chi connectivity index (χ3v) is 6.83. The van der Waals surface area contributed by atoms with Crippen molar-refractivity contribution in [2.75, 3.05) is 39.9 Å². The molecule has 166 valence electrons. The van der Waals surface area contributed by atoms with Crippen molar-refractivity contribution in [3.63, 3.8) is 0 Å². The van der Waals surface area contributed by atoms with Gasteiger partial charge in [0.1, 0.15) is 11.9 Å². The van der Waals surface area contributed by atoms with Crippen LogP contribution < -0.4 is 4.74 Å². The summed E-state index contributed by atoms with van der Waals surface area (Å²) < 4.78 is 17.1. The van der Waals surface area contributed by atoms with E-state index in [0.717, 1.165) is 61.7 Å². The summed E-state index contributed by atoms with van der Waals surface area (Å²) in [6.45, 7) is 5.23. The highest BCUT2D eigenvalue weighted by Gasteiger charge is 2.33. The number of rotatable bonds is 7. The first-order chi connectivity index (χ1) is 14.6. The van der Waals surface area contributed by atoms with Gasteiger partial charge in [0.2, 0.25) is 0 Å². The molecule has 0 spiro atoms. The molecule has 4 rings (SSSR count). The van der Waals surface area contributed by atoms with Crippen LogP contribution in [0.15, 0.2) is 18.2 Å². The van der Waals surface area contributed by atoms with E-state index in [1.54, 1.807) is 4.90 Å². The summed E-state index contributed by atoms with van der Waals surface area (Å²) in [5.74, 6) is 1.22. The van der Waals surface area contributed by atoms with Crippen molar-refractivity contribution in [3.8, 4) is 5.75 Å². The molecular formula is C23H33ClN2O4. The Hall–Kier alpha value is -1.50. The predicted molar refractivity (Wildman–Crippen MR) is 116 cm³/mol. The molecule has 0 bridgehead atoms. The number of carbonyl (C=O) groups excluding carboxylic acids is 1. The van der Waals surface area contributed by atoms with E-state index in [-0.39, 0.29) is 18.3 Å². The minimum atomic E-state index is -0.232. The predicted octanol–water partition coefficient (Wildman–Crippen LogP) is 4.34. The van der Waals surface area contributed by atoms with Gasteiger partial charge in [-0.2, -0.15) is 0 Å². The number of ether oxygens (including phenoxy) is 3. The maximum Gasteiger partial charge on any atom is 0.409 e. The highest BCUT2D eigenvalue weighted by atomic mass is 35.5. The van der Waals surface area contributed by atoms with Crippen molar-refractivity contribution in [1.82, 2.24) is 9.80 Å². The van der Waals surface area contributed by atoms with E-state index < -0.39 is 0 Å². The summed E-state index contributed by atoms with van der Waals surface area (Å²) in [7, 11) is 1.81. The lowest BCUT2D eigenvalue weighted by molar-refractivity contribution is -0.0136. The minimum Gasteiger partial charge on any atom is -0.489 e. The molecule has 1 aromatic rings. The largest absolute Gasteiger partial charge is 0.489 e. The molecule has 0 N–H and O–H groups in total. The molecule has 2 saturated heterocycles. The van der Waals surface area contributed by atoms with Crippen LogP contribution in [-0.2, 0) is 16.0 Å². The zero-order chi connectivity index (χ0) is 20.9. The van der Waals surface area contributed by atoms with Crippen LogP contribution >= 0.6 is 11.6 Å². The Bertz CT molecular complexity index is 713. The molecule has 3 aliphatic rings. The van der Waals surface area contributed by atoms with Crippen LogP contribution in [0.25, 0.3) is 0 Å². The van der Waals surface area contributed by atoms with Crippen molar-refractivity contribution < 1.29 is 19.0 Å². The summed E-state index contributed by atoms with van der Waals surface area (Å²) in [6.07, 6.45) is 5.90. The molecule has 0 radical (unpaired) electrons. The highest BCUT2D eigenvalue weighted by Crippen LogP contribution is 2.36. The Morgan fingerprint density at radius 1 is 1.20 bits per heavy atom. The number of carbonyl (C=O) groups is 1. The maximum absolute atomic E-state index is 12.3. The second-order valence-electron chi connectivity index (χ2n) is 8.87. The fraction of sp³-hybridized carbons (Fsp3) is 0.696. The standard InChI is InChI=1S/C23H33ClN2O4/c1-25(23(27)30-19-7-11-28-12-8-19)15-17-13-20(14-17)29-21-6-4-5-18(22(21)24)16-26-9-2-3-10-26/h4-6,17,19-20H,2-3,7-16H2,1H3. The molecule has 30 heavy (non-hydrogen) atoms. The van der Waals surface area contributed by atoms with Crippen molar-refractivity contribution in [3.05, 3.63) is 28.8 Å². The molecule has 1 saturated carbocycles. The topological polar surface area (TPSA) is 51.2 Å². The quantitative estimate of drug-likeness (QED) is 0.636. The molecule has 2 heterocycles. The van der Waals surface area contributed by atoms with Gasteiger partial charge in [-0.05, 0) is 56.3 Å². The lowest BCUT2D eigenvalue weighted by atomic mass is 9.82. The van der Waals surface area contributed by atoms with Gasteiger partial charge in [0.25, 0.3) is 0 Å². The van der Waals surface area contributed by atoms with Gasteiger partial charge in [-0.3, -0.25) is 4.90 Å². The minimum absolute atomic E-state index is 0.0128. The zero-order valence-corrected chi connectivity index (χ0v) is 18.6. The number of halogens is 1. The van der Waals surface area contributed by atoms with E-state index in [9.17, 15) is 4.79 Å². The normalized spacial score (nSPS) is 25.0. The summed E-state index contributed by atoms with van der Waals surface area (Å²) >= 11 is 6.64. The van der Waals surface area contributed by atoms with E-state index in [1.807, 2.05) is 19.2 Å². The fourth-order valence-electron chi connectivity index (χ4n) is 4.54. The molecule has 1 aromatic carbocycles. The Kier molecular flexibility index (Phi) is 7.39. The van der Waals surface area contributed by atoms with Gasteiger partial charge in [-0.1, -0.05) is 23.7 Å². The zero-order valence-electron chi connectivity index (χ0n) is 17.9. The van der Waals surface area contributed by atoms with Crippen molar-refractivity contribution >= 4 is 17.7 Å². The summed E-state index contributed by atoms with van der Waals surface area (Å²) in [5.41, 5.74) is 1.14. The summed E-state index contributed by atoms with van der Waals surface area (Å²) in [5, 5.41) is 0.741. The number of amides is 1. The van der Waals surface area contributed by atoms with Gasteiger partial charge in [-0.15, -0.1) is 0 Å². The smallest absolute Gasteiger partial charge is 0.409 e. The molecule has 3 fully saturated rings. The van der Waals surface area contributed by atoms with Gasteiger partial charge in [0.15, 0.2) is 0 Å². The number of hydrogen-bond donors (Lipinski definition) is 0. The van der Waals surface area contributed by atoms with E-state index in [1.165, 1.54) is 12.8 Å². The summed E-state index contributed by atoms with van der Waals surface area (Å²) in [4.78, 5) is 16.4. The SMILES string of the molecule is CN(CC1CC(Oc2cccc(CN3CCCC3)c2Cl)C1)C(=O)OC1CCOCC1. The van der Waals surface area contributed by atoms with Crippen LogP contribution in [0.1, 0.15) is 44.1 Å². The molecule has 7 heteroatoms. The van der Waals surface area contributed by atoms with Gasteiger partial charge in [-0.25, -0.2) is 4.79 Å². The Labute approximate surface area is 184 Å². The van der Waals surface area contributed by atoms with Crippen molar-refractivity contribution in [2.24, 2.45) is 5.92 Å². The Balaban J connectivity index is 1.20. The monoisotopic (exact) mass is 436 g/mol. The molecule has 6 nitrogen and oxygen atoms in total. The van der Waals surface area contributed by atoms with Gasteiger partial charge >= 0.3 is 6.09 Å². The Morgan fingerprint density at radius 3 is 2.67 bits per heavy atom. The molecule has 0 atom stereocenters. The maximum atomic E-state index is 12.3. The summed E-state index contributed by atoms with van der Waals surface area (Å²) in [6, 6.07) is 6.08. The molecule has 1 aliphatic carbocycles. The number of hydrogen-bond acceptors (Lipinski definition) is 5. The third kappa shape index (κ3) is 5.59. The van der Waals surface area contributed by atoms with Gasteiger partial charge in [0, 0.05) is 33.0 Å². The number of benzene rings is 1. The van der Waals surface area contributed by atoms with Crippen LogP contribution in [0.5, 0.6) is 5.75 Å². The number of likely N-dealkylation sites (tertiary alicyclic amines) is 1. The average molecular weight is 437 g/mol. The first kappa shape index (κ1) is 21.7. The average Bonchev–Trinajstić information content (AvgIpc) is 3.23. The lowest BCUT2D eigenvalue weighted by Crippen LogP contribution is -2.43. The van der Waals surface area contributed by atoms with Gasteiger partial charge < -0.3 is 19.1 Å². The first-order valence-electron chi connectivity index (χ1n) is 11.2. The highest BCUT2D eigenvalue weighted by molar-refractivity contribution is 6.32. The molecule has 0 aromatic heterocycles. The van der Waals surface area contributed by atoms with Crippen LogP contribution in [0.4, 0.5) is 4.79 Å². The lowest BCUT2D eigenvalue weighted by Gasteiger charge is -2.37. The van der Waals surface area contributed by atoms with Crippen LogP contribution in [-0.4, -0.2) is 68.0 Å². The second kappa shape index (κ2) is 10.2. The van der Waals surface area contributed by atoms with Crippen LogP contribution in [0.2, 0.25) is 5.02 Å².